The van der Waals surface area contributed by atoms with Crippen LogP contribution >= 0.6 is 0 Å². The summed E-state index contributed by atoms with van der Waals surface area (Å²) in [5, 5.41) is 0. The molecule has 0 heterocycles. The summed E-state index contributed by atoms with van der Waals surface area (Å²) in [5.41, 5.74) is 0.305. The lowest BCUT2D eigenvalue weighted by Crippen LogP contribution is -2.14. The van der Waals surface area contributed by atoms with Crippen molar-refractivity contribution in [3.05, 3.63) is 12.2 Å². The van der Waals surface area contributed by atoms with Gasteiger partial charge in [0, 0.05) is 6.42 Å². The first-order valence-corrected chi connectivity index (χ1v) is 4.97. The van der Waals surface area contributed by atoms with Crippen LogP contribution in [0.3, 0.4) is 0 Å². The van der Waals surface area contributed by atoms with Crippen molar-refractivity contribution >= 4 is 5.78 Å². The quantitative estimate of drug-likeness (QED) is 0.607. The average Bonchev–Trinajstić information content (AvgIpc) is 1.81. The van der Waals surface area contributed by atoms with E-state index < -0.39 is 0 Å². The summed E-state index contributed by atoms with van der Waals surface area (Å²) in [6.07, 6.45) is 5.95. The van der Waals surface area contributed by atoms with Crippen molar-refractivity contribution in [3.63, 3.8) is 0 Å². The number of allylic oxidation sites excluding steroid dienone is 2. The first kappa shape index (κ1) is 12.4. The molecule has 13 heavy (non-hydrogen) atoms. The molecule has 0 aliphatic carbocycles. The van der Waals surface area contributed by atoms with Crippen molar-refractivity contribution in [1.82, 2.24) is 0 Å². The zero-order valence-electron chi connectivity index (χ0n) is 9.55. The molecular weight excluding hydrogens is 160 g/mol. The second kappa shape index (κ2) is 5.21. The van der Waals surface area contributed by atoms with Crippen LogP contribution in [0.5, 0.6) is 0 Å². The molecule has 0 aliphatic rings. The number of carbonyl (C=O) groups is 1. The lowest BCUT2D eigenvalue weighted by atomic mass is 9.82. The van der Waals surface area contributed by atoms with Crippen molar-refractivity contribution in [1.29, 1.82) is 0 Å². The van der Waals surface area contributed by atoms with Gasteiger partial charge in [0.15, 0.2) is 0 Å². The molecule has 1 heteroatoms. The van der Waals surface area contributed by atoms with Gasteiger partial charge in [0.05, 0.1) is 0 Å². The highest BCUT2D eigenvalue weighted by atomic mass is 16.1. The normalized spacial score (nSPS) is 14.8. The van der Waals surface area contributed by atoms with Crippen LogP contribution in [0, 0.1) is 11.3 Å². The largest absolute Gasteiger partial charge is 0.300 e. The Hall–Kier alpha value is -0.590. The van der Waals surface area contributed by atoms with Crippen LogP contribution < -0.4 is 0 Å². The molecule has 1 unspecified atom stereocenters. The predicted octanol–water partition coefficient (Wildman–Crippen LogP) is 3.59. The minimum Gasteiger partial charge on any atom is -0.300 e. The molecule has 0 spiro atoms. The summed E-state index contributed by atoms with van der Waals surface area (Å²) in [7, 11) is 0. The van der Waals surface area contributed by atoms with Gasteiger partial charge in [0.2, 0.25) is 0 Å². The fourth-order valence-corrected chi connectivity index (χ4v) is 1.64. The lowest BCUT2D eigenvalue weighted by molar-refractivity contribution is -0.117. The second-order valence-electron chi connectivity index (χ2n) is 4.96. The van der Waals surface area contributed by atoms with Crippen LogP contribution in [0.25, 0.3) is 0 Å². The fourth-order valence-electron chi connectivity index (χ4n) is 1.64. The van der Waals surface area contributed by atoms with Gasteiger partial charge < -0.3 is 4.79 Å². The molecule has 0 bridgehead atoms. The summed E-state index contributed by atoms with van der Waals surface area (Å²) < 4.78 is 0. The molecule has 0 saturated carbocycles. The van der Waals surface area contributed by atoms with Crippen molar-refractivity contribution in [2.45, 2.75) is 47.5 Å². The van der Waals surface area contributed by atoms with E-state index in [-0.39, 0.29) is 5.78 Å². The lowest BCUT2D eigenvalue weighted by Gasteiger charge is -2.23. The molecule has 0 fully saturated rings. The third-order valence-electron chi connectivity index (χ3n) is 1.89. The Morgan fingerprint density at radius 2 is 1.92 bits per heavy atom. The average molecular weight is 182 g/mol. The Kier molecular flexibility index (Phi) is 4.97. The molecule has 0 N–H and O–H groups in total. The van der Waals surface area contributed by atoms with Crippen molar-refractivity contribution < 1.29 is 4.79 Å². The molecule has 1 nitrogen and oxygen atoms in total. The number of ketones is 1. The van der Waals surface area contributed by atoms with Crippen LogP contribution in [0.1, 0.15) is 47.5 Å². The van der Waals surface area contributed by atoms with E-state index in [1.54, 1.807) is 6.92 Å². The van der Waals surface area contributed by atoms with E-state index in [0.717, 1.165) is 6.42 Å². The summed E-state index contributed by atoms with van der Waals surface area (Å²) in [6, 6.07) is 0. The van der Waals surface area contributed by atoms with Gasteiger partial charge in [-0.05, 0) is 31.6 Å². The molecule has 0 rings (SSSR count). The molecular formula is C12H22O. The minimum absolute atomic E-state index is 0.285. The van der Waals surface area contributed by atoms with E-state index in [1.807, 2.05) is 13.0 Å². The Morgan fingerprint density at radius 1 is 1.38 bits per heavy atom. The molecule has 76 valence electrons. The molecule has 0 aromatic rings. The summed E-state index contributed by atoms with van der Waals surface area (Å²) in [6.45, 7) is 10.3. The summed E-state index contributed by atoms with van der Waals surface area (Å²) in [5.74, 6) is 0.704. The van der Waals surface area contributed by atoms with Crippen molar-refractivity contribution in [2.75, 3.05) is 0 Å². The smallest absolute Gasteiger partial charge is 0.130 e. The summed E-state index contributed by atoms with van der Waals surface area (Å²) in [4.78, 5) is 11.0. The third kappa shape index (κ3) is 7.76. The highest BCUT2D eigenvalue weighted by Crippen LogP contribution is 2.27. The first-order valence-electron chi connectivity index (χ1n) is 4.97. The maximum Gasteiger partial charge on any atom is 0.130 e. The molecule has 1 atom stereocenters. The standard InChI is InChI=1S/C12H22O/c1-6-7-11(8-10(2)13)9-12(3,4)5/h6-7,11H,8-9H2,1-5H3/b7-6+. The zero-order chi connectivity index (χ0) is 10.5. The Bertz CT molecular complexity index is 184. The maximum absolute atomic E-state index is 11.0. The van der Waals surface area contributed by atoms with Crippen molar-refractivity contribution in [3.8, 4) is 0 Å². The molecule has 0 aromatic heterocycles. The molecule has 0 amide bonds. The Balaban J connectivity index is 4.18. The van der Waals surface area contributed by atoms with Crippen LogP contribution in [0.15, 0.2) is 12.2 Å². The van der Waals surface area contributed by atoms with E-state index in [9.17, 15) is 4.79 Å². The Morgan fingerprint density at radius 3 is 2.23 bits per heavy atom. The number of hydrogen-bond acceptors (Lipinski definition) is 1. The SMILES string of the molecule is C/C=C/C(CC(C)=O)CC(C)(C)C. The van der Waals surface area contributed by atoms with Gasteiger partial charge in [0.25, 0.3) is 0 Å². The summed E-state index contributed by atoms with van der Waals surface area (Å²) >= 11 is 0. The number of carbonyl (C=O) groups excluding carboxylic acids is 1. The van der Waals surface area contributed by atoms with Gasteiger partial charge >= 0.3 is 0 Å². The molecule has 0 saturated heterocycles. The fraction of sp³-hybridized carbons (Fsp3) is 0.750. The molecule has 0 aromatic carbocycles. The second-order valence-corrected chi connectivity index (χ2v) is 4.96. The van der Waals surface area contributed by atoms with Crippen LogP contribution in [-0.2, 0) is 4.79 Å². The van der Waals surface area contributed by atoms with E-state index in [1.165, 1.54) is 0 Å². The predicted molar refractivity (Wildman–Crippen MR) is 57.7 cm³/mol. The van der Waals surface area contributed by atoms with Gasteiger partial charge in [-0.3, -0.25) is 0 Å². The number of hydrogen-bond donors (Lipinski definition) is 0. The number of rotatable bonds is 4. The number of Topliss-reactive ketones (excluding diaryl/α,β-unsaturated/α-hetero) is 1. The monoisotopic (exact) mass is 182 g/mol. The third-order valence-corrected chi connectivity index (χ3v) is 1.89. The highest BCUT2D eigenvalue weighted by molar-refractivity contribution is 5.75. The highest BCUT2D eigenvalue weighted by Gasteiger charge is 2.17. The van der Waals surface area contributed by atoms with Gasteiger partial charge in [-0.2, -0.15) is 0 Å². The van der Waals surface area contributed by atoms with Crippen LogP contribution in [0.4, 0.5) is 0 Å². The van der Waals surface area contributed by atoms with Crippen molar-refractivity contribution in [2.24, 2.45) is 11.3 Å². The van der Waals surface area contributed by atoms with E-state index >= 15 is 0 Å². The van der Waals surface area contributed by atoms with Gasteiger partial charge in [0.1, 0.15) is 5.78 Å². The van der Waals surface area contributed by atoms with Crippen LogP contribution in [0.2, 0.25) is 0 Å². The first-order chi connectivity index (χ1) is 5.85. The van der Waals surface area contributed by atoms with Gasteiger partial charge in [-0.25, -0.2) is 0 Å². The van der Waals surface area contributed by atoms with Gasteiger partial charge in [-0.15, -0.1) is 0 Å². The topological polar surface area (TPSA) is 17.1 Å². The minimum atomic E-state index is 0.285. The zero-order valence-corrected chi connectivity index (χ0v) is 9.55. The van der Waals surface area contributed by atoms with Crippen LogP contribution in [-0.4, -0.2) is 5.78 Å². The van der Waals surface area contributed by atoms with E-state index in [4.69, 9.17) is 0 Å². The maximum atomic E-state index is 11.0. The van der Waals surface area contributed by atoms with E-state index in [0.29, 0.717) is 17.8 Å². The molecule has 0 radical (unpaired) electrons. The van der Waals surface area contributed by atoms with Gasteiger partial charge in [-0.1, -0.05) is 32.9 Å². The Labute approximate surface area is 82.2 Å². The molecule has 0 aliphatic heterocycles. The van der Waals surface area contributed by atoms with E-state index in [2.05, 4.69) is 26.8 Å².